The van der Waals surface area contributed by atoms with Gasteiger partial charge >= 0.3 is 0 Å². The Kier molecular flexibility index (Phi) is 6.52. The number of likely N-dealkylation sites (N-methyl/N-ethyl adjacent to an activating group) is 1. The molecule has 1 aromatic rings. The molecule has 0 saturated carbocycles. The topological polar surface area (TPSA) is 39.1 Å². The summed E-state index contributed by atoms with van der Waals surface area (Å²) >= 11 is 0. The third-order valence-electron chi connectivity index (χ3n) is 3.51. The molecule has 0 aliphatic rings. The van der Waals surface area contributed by atoms with E-state index in [-0.39, 0.29) is 6.10 Å². The van der Waals surface area contributed by atoms with Crippen LogP contribution >= 0.6 is 0 Å². The van der Waals surface area contributed by atoms with E-state index in [1.807, 2.05) is 6.92 Å². The Bertz CT molecular complexity index is 373. The molecule has 0 aliphatic carbocycles. The molecule has 4 heteroatoms. The van der Waals surface area contributed by atoms with Gasteiger partial charge in [0.25, 0.3) is 0 Å². The number of hydrogen-bond acceptors (Lipinski definition) is 3. The van der Waals surface area contributed by atoms with Gasteiger partial charge in [0.1, 0.15) is 0 Å². The van der Waals surface area contributed by atoms with Crippen molar-refractivity contribution < 1.29 is 4.74 Å². The lowest BCUT2D eigenvalue weighted by atomic mass is 9.95. The van der Waals surface area contributed by atoms with Crippen LogP contribution in [0.4, 0.5) is 0 Å². The fourth-order valence-corrected chi connectivity index (χ4v) is 2.73. The van der Waals surface area contributed by atoms with E-state index in [0.29, 0.717) is 12.0 Å². The highest BCUT2D eigenvalue weighted by molar-refractivity contribution is 5.11. The van der Waals surface area contributed by atoms with Crippen LogP contribution in [0.2, 0.25) is 0 Å². The van der Waals surface area contributed by atoms with Crippen molar-refractivity contribution in [1.29, 1.82) is 0 Å². The summed E-state index contributed by atoms with van der Waals surface area (Å²) in [5.41, 5.74) is 2.37. The maximum Gasteiger partial charge on any atom is 0.0750 e. The molecule has 19 heavy (non-hydrogen) atoms. The fourth-order valence-electron chi connectivity index (χ4n) is 2.73. The summed E-state index contributed by atoms with van der Waals surface area (Å²) in [6.45, 7) is 12.6. The number of ether oxygens (including phenoxy) is 1. The summed E-state index contributed by atoms with van der Waals surface area (Å²) in [5, 5.41) is 8.08. The van der Waals surface area contributed by atoms with Gasteiger partial charge in [-0.2, -0.15) is 5.10 Å². The molecule has 0 bridgehead atoms. The number of nitrogens with zero attached hydrogens (tertiary/aromatic N) is 2. The molecule has 0 amide bonds. The molecule has 4 nitrogen and oxygen atoms in total. The van der Waals surface area contributed by atoms with Crippen LogP contribution in [0.5, 0.6) is 0 Å². The number of aryl methyl sites for hydroxylation is 2. The zero-order valence-electron chi connectivity index (χ0n) is 13.2. The van der Waals surface area contributed by atoms with Crippen LogP contribution in [0.25, 0.3) is 0 Å². The molecule has 0 saturated heterocycles. The molecule has 0 spiro atoms. The van der Waals surface area contributed by atoms with Gasteiger partial charge in [-0.05, 0) is 32.4 Å². The molecule has 110 valence electrons. The average Bonchev–Trinajstić information content (AvgIpc) is 2.70. The summed E-state index contributed by atoms with van der Waals surface area (Å²) in [7, 11) is 1.80. The highest BCUT2D eigenvalue weighted by Gasteiger charge is 2.25. The lowest BCUT2D eigenvalue weighted by molar-refractivity contribution is 0.0331. The van der Waals surface area contributed by atoms with Crippen molar-refractivity contribution in [3.05, 3.63) is 17.5 Å². The van der Waals surface area contributed by atoms with Crippen LogP contribution < -0.4 is 5.32 Å². The van der Waals surface area contributed by atoms with Crippen LogP contribution in [0.1, 0.15) is 39.1 Å². The maximum absolute atomic E-state index is 5.69. The Hall–Kier alpha value is -0.870. The smallest absolute Gasteiger partial charge is 0.0750 e. The minimum atomic E-state index is 0.223. The Balaban J connectivity index is 2.87. The first kappa shape index (κ1) is 16.2. The van der Waals surface area contributed by atoms with Gasteiger partial charge in [0.2, 0.25) is 0 Å². The minimum absolute atomic E-state index is 0.223. The van der Waals surface area contributed by atoms with E-state index in [0.717, 1.165) is 25.2 Å². The summed E-state index contributed by atoms with van der Waals surface area (Å²) in [6, 6.07) is 2.51. The van der Waals surface area contributed by atoms with Crippen molar-refractivity contribution in [3.8, 4) is 0 Å². The summed E-state index contributed by atoms with van der Waals surface area (Å²) in [5.74, 6) is 0.494. The van der Waals surface area contributed by atoms with E-state index in [4.69, 9.17) is 4.74 Å². The Morgan fingerprint density at radius 2 is 2.05 bits per heavy atom. The Morgan fingerprint density at radius 1 is 1.37 bits per heavy atom. The highest BCUT2D eigenvalue weighted by Crippen LogP contribution is 2.16. The van der Waals surface area contributed by atoms with Crippen molar-refractivity contribution in [3.63, 3.8) is 0 Å². The molecule has 1 aromatic heterocycles. The zero-order chi connectivity index (χ0) is 14.4. The van der Waals surface area contributed by atoms with E-state index in [9.17, 15) is 0 Å². The van der Waals surface area contributed by atoms with Crippen LogP contribution in [-0.2, 0) is 17.7 Å². The normalized spacial score (nSPS) is 14.9. The van der Waals surface area contributed by atoms with Gasteiger partial charge in [0.15, 0.2) is 0 Å². The Morgan fingerprint density at radius 3 is 2.53 bits per heavy atom. The van der Waals surface area contributed by atoms with E-state index in [1.165, 1.54) is 5.69 Å². The SMILES string of the molecule is CCNC(Cc1cc(C)nn1CC)C(OC)C(C)C. The largest absolute Gasteiger partial charge is 0.380 e. The van der Waals surface area contributed by atoms with Crippen molar-refractivity contribution in [2.45, 2.75) is 59.7 Å². The van der Waals surface area contributed by atoms with Crippen molar-refractivity contribution in [1.82, 2.24) is 15.1 Å². The van der Waals surface area contributed by atoms with Crippen molar-refractivity contribution in [2.24, 2.45) is 5.92 Å². The minimum Gasteiger partial charge on any atom is -0.380 e. The fraction of sp³-hybridized carbons (Fsp3) is 0.800. The zero-order valence-corrected chi connectivity index (χ0v) is 13.2. The van der Waals surface area contributed by atoms with E-state index in [2.05, 4.69) is 48.9 Å². The lowest BCUT2D eigenvalue weighted by Crippen LogP contribution is -2.45. The first-order chi connectivity index (χ1) is 9.03. The third-order valence-corrected chi connectivity index (χ3v) is 3.51. The average molecular weight is 267 g/mol. The molecule has 2 unspecified atom stereocenters. The highest BCUT2D eigenvalue weighted by atomic mass is 16.5. The first-order valence-electron chi connectivity index (χ1n) is 7.32. The van der Waals surface area contributed by atoms with Gasteiger partial charge in [-0.1, -0.05) is 20.8 Å². The summed E-state index contributed by atoms with van der Waals surface area (Å²) in [6.07, 6.45) is 1.18. The summed E-state index contributed by atoms with van der Waals surface area (Å²) in [4.78, 5) is 0. The van der Waals surface area contributed by atoms with Gasteiger partial charge in [-0.15, -0.1) is 0 Å². The quantitative estimate of drug-likeness (QED) is 0.786. The van der Waals surface area contributed by atoms with Gasteiger partial charge in [-0.25, -0.2) is 0 Å². The summed E-state index contributed by atoms with van der Waals surface area (Å²) < 4.78 is 7.78. The predicted octanol–water partition coefficient (Wildman–Crippen LogP) is 2.40. The maximum atomic E-state index is 5.69. The van der Waals surface area contributed by atoms with Crippen LogP contribution in [0.3, 0.4) is 0 Å². The predicted molar refractivity (Wildman–Crippen MR) is 79.4 cm³/mol. The molecule has 0 aromatic carbocycles. The molecule has 1 N–H and O–H groups in total. The number of rotatable bonds is 8. The lowest BCUT2D eigenvalue weighted by Gasteiger charge is -2.29. The van der Waals surface area contributed by atoms with Gasteiger partial charge in [0, 0.05) is 31.8 Å². The standard InChI is InChI=1S/C15H29N3O/c1-7-16-14(15(19-6)11(3)4)10-13-9-12(5)17-18(13)8-2/h9,11,14-16H,7-8,10H2,1-6H3. The van der Waals surface area contributed by atoms with Gasteiger partial charge in [-0.3, -0.25) is 4.68 Å². The number of aromatic nitrogens is 2. The molecular weight excluding hydrogens is 238 g/mol. The number of hydrogen-bond donors (Lipinski definition) is 1. The molecular formula is C15H29N3O. The van der Waals surface area contributed by atoms with Crippen LogP contribution in [0, 0.1) is 12.8 Å². The van der Waals surface area contributed by atoms with Crippen molar-refractivity contribution in [2.75, 3.05) is 13.7 Å². The first-order valence-corrected chi connectivity index (χ1v) is 7.32. The van der Waals surface area contributed by atoms with Crippen LogP contribution in [-0.4, -0.2) is 35.6 Å². The molecule has 2 atom stereocenters. The molecule has 0 fully saturated rings. The molecule has 1 heterocycles. The second-order valence-corrected chi connectivity index (χ2v) is 5.41. The van der Waals surface area contributed by atoms with Crippen molar-refractivity contribution >= 4 is 0 Å². The van der Waals surface area contributed by atoms with Crippen LogP contribution in [0.15, 0.2) is 6.07 Å². The second kappa shape index (κ2) is 7.65. The Labute approximate surface area is 117 Å². The number of nitrogens with one attached hydrogen (secondary N) is 1. The van der Waals surface area contributed by atoms with E-state index < -0.39 is 0 Å². The van der Waals surface area contributed by atoms with E-state index >= 15 is 0 Å². The van der Waals surface area contributed by atoms with E-state index in [1.54, 1.807) is 7.11 Å². The van der Waals surface area contributed by atoms with Gasteiger partial charge in [0.05, 0.1) is 11.8 Å². The number of methoxy groups -OCH3 is 1. The van der Waals surface area contributed by atoms with Gasteiger partial charge < -0.3 is 10.1 Å². The molecule has 0 aliphatic heterocycles. The molecule has 0 radical (unpaired) electrons. The molecule has 1 rings (SSSR count). The monoisotopic (exact) mass is 267 g/mol. The second-order valence-electron chi connectivity index (χ2n) is 5.41. The third kappa shape index (κ3) is 4.32.